The van der Waals surface area contributed by atoms with Crippen LogP contribution in [0, 0.1) is 13.8 Å². The Morgan fingerprint density at radius 2 is 1.61 bits per heavy atom. The van der Waals surface area contributed by atoms with Crippen LogP contribution in [0.25, 0.3) is 0 Å². The molecule has 2 amide bonds. The first kappa shape index (κ1) is 24.6. The maximum Gasteiger partial charge on any atom is 0.276 e. The molecule has 2 aromatic rings. The summed E-state index contributed by atoms with van der Waals surface area (Å²) in [4.78, 5) is 24.2. The summed E-state index contributed by atoms with van der Waals surface area (Å²) < 4.78 is 32.2. The van der Waals surface area contributed by atoms with Crippen molar-refractivity contribution in [3.63, 3.8) is 0 Å². The Kier molecular flexibility index (Phi) is 8.43. The first-order chi connectivity index (χ1) is 14.6. The van der Waals surface area contributed by atoms with Gasteiger partial charge in [0, 0.05) is 18.7 Å². The lowest BCUT2D eigenvalue weighted by atomic mass is 10.1. The second-order valence-corrected chi connectivity index (χ2v) is 9.16. The minimum atomic E-state index is -3.85. The van der Waals surface area contributed by atoms with E-state index in [1.165, 1.54) is 22.5 Å². The number of hydrogen-bond acceptors (Lipinski definition) is 5. The van der Waals surface area contributed by atoms with E-state index in [0.29, 0.717) is 5.75 Å². The number of benzene rings is 2. The van der Waals surface area contributed by atoms with Gasteiger partial charge in [-0.25, -0.2) is 8.42 Å². The van der Waals surface area contributed by atoms with E-state index >= 15 is 0 Å². The number of halogens is 1. The molecular formula is C21H26ClN3O5S. The highest BCUT2D eigenvalue weighted by Crippen LogP contribution is 2.25. The zero-order valence-electron chi connectivity index (χ0n) is 17.9. The Morgan fingerprint density at radius 3 is 2.19 bits per heavy atom. The second-order valence-electron chi connectivity index (χ2n) is 6.85. The van der Waals surface area contributed by atoms with Crippen LogP contribution in [0.4, 0.5) is 0 Å². The number of carbonyl (C=O) groups excluding carboxylic acids is 2. The Hall–Kier alpha value is -2.62. The van der Waals surface area contributed by atoms with Crippen molar-refractivity contribution in [1.29, 1.82) is 0 Å². The smallest absolute Gasteiger partial charge is 0.276 e. The molecule has 8 nitrogen and oxygen atoms in total. The summed E-state index contributed by atoms with van der Waals surface area (Å²) >= 11 is 6.07. The lowest BCUT2D eigenvalue weighted by Crippen LogP contribution is -2.43. The highest BCUT2D eigenvalue weighted by Gasteiger charge is 2.25. The van der Waals surface area contributed by atoms with Crippen LogP contribution in [0.1, 0.15) is 35.3 Å². The zero-order valence-corrected chi connectivity index (χ0v) is 19.4. The van der Waals surface area contributed by atoms with Crippen molar-refractivity contribution in [2.45, 2.75) is 32.6 Å². The summed E-state index contributed by atoms with van der Waals surface area (Å²) in [6.45, 7) is 7.49. The number of hydrazine groups is 1. The molecule has 0 radical (unpaired) electrons. The number of hydrogen-bond donors (Lipinski definition) is 2. The maximum absolute atomic E-state index is 12.7. The molecule has 0 aromatic heterocycles. The van der Waals surface area contributed by atoms with Gasteiger partial charge in [0.15, 0.2) is 6.61 Å². The summed E-state index contributed by atoms with van der Waals surface area (Å²) in [6.07, 6.45) is 0. The van der Waals surface area contributed by atoms with Crippen molar-refractivity contribution >= 4 is 33.4 Å². The molecule has 168 valence electrons. The van der Waals surface area contributed by atoms with Crippen LogP contribution < -0.4 is 15.6 Å². The van der Waals surface area contributed by atoms with E-state index in [0.717, 1.165) is 11.1 Å². The van der Waals surface area contributed by atoms with E-state index in [1.807, 2.05) is 19.9 Å². The van der Waals surface area contributed by atoms with Gasteiger partial charge < -0.3 is 4.74 Å². The lowest BCUT2D eigenvalue weighted by molar-refractivity contribution is -0.123. The normalized spacial score (nSPS) is 11.3. The molecule has 2 N–H and O–H groups in total. The summed E-state index contributed by atoms with van der Waals surface area (Å²) in [6, 6.07) is 9.46. The fourth-order valence-corrected chi connectivity index (χ4v) is 4.90. The Morgan fingerprint density at radius 1 is 1.00 bits per heavy atom. The van der Waals surface area contributed by atoms with Crippen LogP contribution >= 0.6 is 11.6 Å². The molecule has 10 heteroatoms. The van der Waals surface area contributed by atoms with Crippen molar-refractivity contribution in [2.24, 2.45) is 0 Å². The summed E-state index contributed by atoms with van der Waals surface area (Å²) in [5.41, 5.74) is 6.52. The number of sulfonamides is 1. The molecule has 0 spiro atoms. The van der Waals surface area contributed by atoms with Gasteiger partial charge in [-0.1, -0.05) is 31.5 Å². The third-order valence-corrected chi connectivity index (χ3v) is 6.93. The Labute approximate surface area is 187 Å². The highest BCUT2D eigenvalue weighted by molar-refractivity contribution is 7.89. The summed E-state index contributed by atoms with van der Waals surface area (Å²) in [5, 5.41) is 0.00864. The maximum atomic E-state index is 12.7. The fourth-order valence-electron chi connectivity index (χ4n) is 2.94. The molecule has 0 bridgehead atoms. The highest BCUT2D eigenvalue weighted by atomic mass is 35.5. The van der Waals surface area contributed by atoms with Gasteiger partial charge in [-0.3, -0.25) is 20.4 Å². The topological polar surface area (TPSA) is 105 Å². The van der Waals surface area contributed by atoms with Gasteiger partial charge in [0.05, 0.1) is 5.02 Å². The molecular weight excluding hydrogens is 442 g/mol. The van der Waals surface area contributed by atoms with Crippen LogP contribution in [0.5, 0.6) is 5.75 Å². The molecule has 0 atom stereocenters. The average Bonchev–Trinajstić information content (AvgIpc) is 2.70. The average molecular weight is 468 g/mol. The number of nitrogens with one attached hydrogen (secondary N) is 2. The lowest BCUT2D eigenvalue weighted by Gasteiger charge is -2.19. The van der Waals surface area contributed by atoms with Gasteiger partial charge in [0.25, 0.3) is 11.8 Å². The number of nitrogens with zero attached hydrogens (tertiary/aromatic N) is 1. The number of amides is 2. The molecule has 0 saturated carbocycles. The van der Waals surface area contributed by atoms with E-state index in [-0.39, 0.29) is 35.2 Å². The molecule has 2 rings (SSSR count). The number of rotatable bonds is 8. The van der Waals surface area contributed by atoms with Crippen LogP contribution in [0.2, 0.25) is 5.02 Å². The molecule has 0 aliphatic rings. The summed E-state index contributed by atoms with van der Waals surface area (Å²) in [5.74, 6) is -0.715. The van der Waals surface area contributed by atoms with Crippen LogP contribution in [0.15, 0.2) is 41.3 Å². The van der Waals surface area contributed by atoms with Gasteiger partial charge >= 0.3 is 0 Å². The van der Waals surface area contributed by atoms with Gasteiger partial charge in [-0.05, 0) is 55.3 Å². The SMILES string of the molecule is CCN(CC)S(=O)(=O)c1cc(C(=O)NNC(=O)COc2cc(C)cc(C)c2)ccc1Cl. The third-order valence-electron chi connectivity index (χ3n) is 4.40. The standard InChI is InChI=1S/C21H26ClN3O5S/c1-5-25(6-2)31(28,29)19-12-16(7-8-18(19)22)21(27)24-23-20(26)13-30-17-10-14(3)9-15(4)11-17/h7-12H,5-6,13H2,1-4H3,(H,23,26)(H,24,27). The first-order valence-corrected chi connectivity index (χ1v) is 11.5. The number of aryl methyl sites for hydroxylation is 2. The van der Waals surface area contributed by atoms with Gasteiger partial charge in [-0.15, -0.1) is 0 Å². The molecule has 31 heavy (non-hydrogen) atoms. The van der Waals surface area contributed by atoms with Crippen molar-refractivity contribution in [3.05, 3.63) is 58.1 Å². The predicted molar refractivity (Wildman–Crippen MR) is 119 cm³/mol. The van der Waals surface area contributed by atoms with E-state index < -0.39 is 21.8 Å². The zero-order chi connectivity index (χ0) is 23.2. The number of carbonyl (C=O) groups is 2. The van der Waals surface area contributed by atoms with Crippen LogP contribution in [0.3, 0.4) is 0 Å². The molecule has 0 aliphatic carbocycles. The second kappa shape index (κ2) is 10.6. The molecule has 0 saturated heterocycles. The van der Waals surface area contributed by atoms with Crippen molar-refractivity contribution in [1.82, 2.24) is 15.2 Å². The molecule has 0 heterocycles. The third kappa shape index (κ3) is 6.43. The molecule has 0 aliphatic heterocycles. The minimum Gasteiger partial charge on any atom is -0.484 e. The van der Waals surface area contributed by atoms with Gasteiger partial charge in [0.2, 0.25) is 10.0 Å². The van der Waals surface area contributed by atoms with Crippen molar-refractivity contribution in [2.75, 3.05) is 19.7 Å². The predicted octanol–water partition coefficient (Wildman–Crippen LogP) is 2.83. The quantitative estimate of drug-likeness (QED) is 0.581. The van der Waals surface area contributed by atoms with E-state index in [2.05, 4.69) is 10.9 Å². The minimum absolute atomic E-state index is 0.00864. The summed E-state index contributed by atoms with van der Waals surface area (Å²) in [7, 11) is -3.85. The first-order valence-electron chi connectivity index (χ1n) is 9.68. The number of ether oxygens (including phenoxy) is 1. The van der Waals surface area contributed by atoms with Crippen molar-refractivity contribution in [3.8, 4) is 5.75 Å². The van der Waals surface area contributed by atoms with Gasteiger partial charge in [-0.2, -0.15) is 4.31 Å². The van der Waals surface area contributed by atoms with E-state index in [9.17, 15) is 18.0 Å². The van der Waals surface area contributed by atoms with E-state index in [1.54, 1.807) is 26.0 Å². The fraction of sp³-hybridized carbons (Fsp3) is 0.333. The van der Waals surface area contributed by atoms with E-state index in [4.69, 9.17) is 16.3 Å². The van der Waals surface area contributed by atoms with Crippen molar-refractivity contribution < 1.29 is 22.7 Å². The monoisotopic (exact) mass is 467 g/mol. The van der Waals surface area contributed by atoms with Crippen LogP contribution in [-0.4, -0.2) is 44.2 Å². The van der Waals surface area contributed by atoms with Gasteiger partial charge in [0.1, 0.15) is 10.6 Å². The molecule has 2 aromatic carbocycles. The Balaban J connectivity index is 2.03. The molecule has 0 unspecified atom stereocenters. The molecule has 0 fully saturated rings. The van der Waals surface area contributed by atoms with Crippen LogP contribution in [-0.2, 0) is 14.8 Å². The Bertz CT molecular complexity index is 1050. The largest absolute Gasteiger partial charge is 0.484 e.